The summed E-state index contributed by atoms with van der Waals surface area (Å²) in [5, 5.41) is 6.48. The van der Waals surface area contributed by atoms with Gasteiger partial charge in [-0.3, -0.25) is 4.79 Å². The van der Waals surface area contributed by atoms with Crippen molar-refractivity contribution in [2.24, 2.45) is 0 Å². The number of rotatable bonds is 8. The first-order valence-electron chi connectivity index (χ1n) is 7.75. The Morgan fingerprint density at radius 3 is 2.76 bits per heavy atom. The summed E-state index contributed by atoms with van der Waals surface area (Å²) < 4.78 is 10.3. The Hall–Kier alpha value is -2.38. The number of hydrogen-bond acceptors (Lipinski definition) is 6. The van der Waals surface area contributed by atoms with Crippen LogP contribution in [-0.4, -0.2) is 43.2 Å². The summed E-state index contributed by atoms with van der Waals surface area (Å²) in [5.41, 5.74) is 1.61. The van der Waals surface area contributed by atoms with Crippen molar-refractivity contribution in [3.05, 3.63) is 40.8 Å². The highest BCUT2D eigenvalue weighted by Gasteiger charge is 2.13. The van der Waals surface area contributed by atoms with E-state index < -0.39 is 0 Å². The topological polar surface area (TPSA) is 85.4 Å². The Kier molecular flexibility index (Phi) is 6.97. The van der Waals surface area contributed by atoms with Crippen LogP contribution >= 0.6 is 11.6 Å². The molecule has 0 aliphatic carbocycles. The maximum atomic E-state index is 12.5. The summed E-state index contributed by atoms with van der Waals surface area (Å²) >= 11 is 6.08. The van der Waals surface area contributed by atoms with Crippen molar-refractivity contribution in [3.8, 4) is 5.75 Å². The van der Waals surface area contributed by atoms with Crippen LogP contribution in [0, 0.1) is 6.92 Å². The van der Waals surface area contributed by atoms with E-state index in [9.17, 15) is 4.79 Å². The average molecular weight is 365 g/mol. The number of anilines is 2. The average Bonchev–Trinajstić information content (AvgIpc) is 2.62. The lowest BCUT2D eigenvalue weighted by Gasteiger charge is -2.12. The van der Waals surface area contributed by atoms with Gasteiger partial charge in [0.05, 0.1) is 12.8 Å². The second-order valence-corrected chi connectivity index (χ2v) is 5.72. The van der Waals surface area contributed by atoms with E-state index in [0.29, 0.717) is 35.4 Å². The lowest BCUT2D eigenvalue weighted by Crippen LogP contribution is -2.16. The van der Waals surface area contributed by atoms with Gasteiger partial charge in [-0.15, -0.1) is 0 Å². The maximum absolute atomic E-state index is 12.5. The second kappa shape index (κ2) is 9.19. The summed E-state index contributed by atoms with van der Waals surface area (Å²) in [4.78, 5) is 20.6. The predicted octanol–water partition coefficient (Wildman–Crippen LogP) is 3.15. The Labute approximate surface area is 151 Å². The van der Waals surface area contributed by atoms with Gasteiger partial charge in [-0.1, -0.05) is 11.6 Å². The van der Waals surface area contributed by atoms with Crippen LogP contribution < -0.4 is 15.4 Å². The molecule has 0 saturated heterocycles. The first-order valence-corrected chi connectivity index (χ1v) is 8.13. The largest absolute Gasteiger partial charge is 0.495 e. The van der Waals surface area contributed by atoms with Crippen LogP contribution in [0.5, 0.6) is 5.75 Å². The van der Waals surface area contributed by atoms with Crippen molar-refractivity contribution in [1.82, 2.24) is 9.97 Å². The van der Waals surface area contributed by atoms with Crippen LogP contribution in [0.25, 0.3) is 0 Å². The van der Waals surface area contributed by atoms with Gasteiger partial charge in [0.1, 0.15) is 23.6 Å². The zero-order chi connectivity index (χ0) is 18.2. The summed E-state index contributed by atoms with van der Waals surface area (Å²) in [6.07, 6.45) is 2.18. The van der Waals surface area contributed by atoms with Crippen LogP contribution in [0.15, 0.2) is 24.5 Å². The van der Waals surface area contributed by atoms with Gasteiger partial charge in [-0.2, -0.15) is 0 Å². The molecule has 1 aromatic carbocycles. The van der Waals surface area contributed by atoms with Crippen LogP contribution in [0.3, 0.4) is 0 Å². The fourth-order valence-corrected chi connectivity index (χ4v) is 2.28. The molecule has 0 aliphatic rings. The maximum Gasteiger partial charge on any atom is 0.274 e. The molecule has 0 atom stereocenters. The molecule has 0 unspecified atom stereocenters. The SMILES string of the molecule is COCCCNc1cc(C(=O)Nc2cc(C)c(Cl)cc2OC)ncn1. The molecule has 2 rings (SSSR count). The Morgan fingerprint density at radius 1 is 1.24 bits per heavy atom. The number of methoxy groups -OCH3 is 2. The number of carbonyl (C=O) groups is 1. The molecular weight excluding hydrogens is 344 g/mol. The minimum absolute atomic E-state index is 0.249. The molecule has 0 aliphatic heterocycles. The predicted molar refractivity (Wildman–Crippen MR) is 97.7 cm³/mol. The number of amides is 1. The van der Waals surface area contributed by atoms with E-state index in [-0.39, 0.29) is 11.6 Å². The summed E-state index contributed by atoms with van der Waals surface area (Å²) in [5.74, 6) is 0.703. The standard InChI is InChI=1S/C17H21ClN4O3/c1-11-7-13(15(25-3)8-12(11)18)22-17(23)14-9-16(21-10-20-14)19-5-4-6-24-2/h7-10H,4-6H2,1-3H3,(H,22,23)(H,19,20,21). The molecule has 1 amide bonds. The van der Waals surface area contributed by atoms with Gasteiger partial charge < -0.3 is 20.1 Å². The Bertz CT molecular complexity index is 740. The number of aryl methyl sites for hydroxylation is 1. The molecule has 8 heteroatoms. The summed E-state index contributed by atoms with van der Waals surface area (Å²) in [6, 6.07) is 5.01. The first-order chi connectivity index (χ1) is 12.0. The zero-order valence-electron chi connectivity index (χ0n) is 14.4. The third-order valence-corrected chi connectivity index (χ3v) is 3.87. The molecule has 2 N–H and O–H groups in total. The minimum Gasteiger partial charge on any atom is -0.495 e. The normalized spacial score (nSPS) is 10.4. The number of hydrogen-bond donors (Lipinski definition) is 2. The molecular formula is C17H21ClN4O3. The molecule has 0 spiro atoms. The molecule has 0 bridgehead atoms. The van der Waals surface area contributed by atoms with E-state index in [4.69, 9.17) is 21.1 Å². The molecule has 0 saturated carbocycles. The third-order valence-electron chi connectivity index (χ3n) is 3.46. The highest BCUT2D eigenvalue weighted by molar-refractivity contribution is 6.31. The van der Waals surface area contributed by atoms with Crippen molar-refractivity contribution in [2.75, 3.05) is 38.0 Å². The highest BCUT2D eigenvalue weighted by atomic mass is 35.5. The summed E-state index contributed by atoms with van der Waals surface area (Å²) in [6.45, 7) is 3.20. The van der Waals surface area contributed by atoms with Gasteiger partial charge in [0.15, 0.2) is 0 Å². The van der Waals surface area contributed by atoms with Crippen LogP contribution in [-0.2, 0) is 4.74 Å². The quantitative estimate of drug-likeness (QED) is 0.700. The van der Waals surface area contributed by atoms with Crippen molar-refractivity contribution < 1.29 is 14.3 Å². The lowest BCUT2D eigenvalue weighted by molar-refractivity contribution is 0.102. The van der Waals surface area contributed by atoms with Crippen LogP contribution in [0.1, 0.15) is 22.5 Å². The second-order valence-electron chi connectivity index (χ2n) is 5.32. The number of ether oxygens (including phenoxy) is 2. The van der Waals surface area contributed by atoms with E-state index in [1.165, 1.54) is 13.4 Å². The van der Waals surface area contributed by atoms with Gasteiger partial charge >= 0.3 is 0 Å². The Balaban J connectivity index is 2.09. The fourth-order valence-electron chi connectivity index (χ4n) is 2.13. The Morgan fingerprint density at radius 2 is 2.04 bits per heavy atom. The molecule has 0 fully saturated rings. The van der Waals surface area contributed by atoms with E-state index >= 15 is 0 Å². The zero-order valence-corrected chi connectivity index (χ0v) is 15.2. The number of halogens is 1. The monoisotopic (exact) mass is 364 g/mol. The van der Waals surface area contributed by atoms with Gasteiger partial charge in [-0.05, 0) is 25.0 Å². The number of benzene rings is 1. The van der Waals surface area contributed by atoms with Gasteiger partial charge in [0.2, 0.25) is 0 Å². The first kappa shape index (κ1) is 19.0. The smallest absolute Gasteiger partial charge is 0.274 e. The van der Waals surface area contributed by atoms with Crippen LogP contribution in [0.2, 0.25) is 5.02 Å². The lowest BCUT2D eigenvalue weighted by atomic mass is 10.2. The van der Waals surface area contributed by atoms with E-state index in [0.717, 1.165) is 12.0 Å². The number of aromatic nitrogens is 2. The molecule has 1 heterocycles. The molecule has 1 aromatic heterocycles. The van der Waals surface area contributed by atoms with Crippen molar-refractivity contribution in [3.63, 3.8) is 0 Å². The molecule has 7 nitrogen and oxygen atoms in total. The number of carbonyl (C=O) groups excluding carboxylic acids is 1. The van der Waals surface area contributed by atoms with Gasteiger partial charge in [-0.25, -0.2) is 9.97 Å². The van der Waals surface area contributed by atoms with E-state index in [2.05, 4.69) is 20.6 Å². The van der Waals surface area contributed by atoms with Crippen molar-refractivity contribution in [2.45, 2.75) is 13.3 Å². The minimum atomic E-state index is -0.359. The molecule has 134 valence electrons. The van der Waals surface area contributed by atoms with Crippen molar-refractivity contribution >= 4 is 29.0 Å². The van der Waals surface area contributed by atoms with Gasteiger partial charge in [0, 0.05) is 37.4 Å². The molecule has 2 aromatic rings. The highest BCUT2D eigenvalue weighted by Crippen LogP contribution is 2.31. The van der Waals surface area contributed by atoms with E-state index in [1.54, 1.807) is 25.3 Å². The van der Waals surface area contributed by atoms with Crippen LogP contribution in [0.4, 0.5) is 11.5 Å². The fraction of sp³-hybridized carbons (Fsp3) is 0.353. The summed E-state index contributed by atoms with van der Waals surface area (Å²) in [7, 11) is 3.17. The number of nitrogens with one attached hydrogen (secondary N) is 2. The van der Waals surface area contributed by atoms with Crippen molar-refractivity contribution in [1.29, 1.82) is 0 Å². The van der Waals surface area contributed by atoms with E-state index in [1.807, 2.05) is 6.92 Å². The van der Waals surface area contributed by atoms with Gasteiger partial charge in [0.25, 0.3) is 5.91 Å². The molecule has 0 radical (unpaired) electrons. The number of nitrogens with zero attached hydrogens (tertiary/aromatic N) is 2. The third kappa shape index (κ3) is 5.30. The molecule has 25 heavy (non-hydrogen) atoms.